The van der Waals surface area contributed by atoms with Crippen molar-refractivity contribution in [2.75, 3.05) is 7.11 Å². The maximum absolute atomic E-state index is 13.2. The van der Waals surface area contributed by atoms with Gasteiger partial charge >= 0.3 is 0 Å². The van der Waals surface area contributed by atoms with Gasteiger partial charge in [-0.05, 0) is 40.8 Å². The molecule has 146 valence electrons. The van der Waals surface area contributed by atoms with Gasteiger partial charge in [-0.25, -0.2) is 0 Å². The average Bonchev–Trinajstić information content (AvgIpc) is 3.14. The SMILES string of the molecule is COc1ccc(CC(=O)n2cc(-c3ccccc3C(C)C)c3ccccc32)cc1. The van der Waals surface area contributed by atoms with Crippen LogP contribution in [-0.2, 0) is 6.42 Å². The number of aromatic nitrogens is 1. The summed E-state index contributed by atoms with van der Waals surface area (Å²) in [4.78, 5) is 13.2. The third-order valence-corrected chi connectivity index (χ3v) is 5.37. The summed E-state index contributed by atoms with van der Waals surface area (Å²) in [6, 6.07) is 24.2. The van der Waals surface area contributed by atoms with E-state index in [-0.39, 0.29) is 5.91 Å². The summed E-state index contributed by atoms with van der Waals surface area (Å²) >= 11 is 0. The second-order valence-corrected chi connectivity index (χ2v) is 7.59. The minimum atomic E-state index is 0.0552. The van der Waals surface area contributed by atoms with Crippen molar-refractivity contribution in [1.82, 2.24) is 4.57 Å². The number of ether oxygens (including phenoxy) is 1. The highest BCUT2D eigenvalue weighted by molar-refractivity contribution is 6.02. The highest BCUT2D eigenvalue weighted by Crippen LogP contribution is 2.35. The van der Waals surface area contributed by atoms with E-state index < -0.39 is 0 Å². The van der Waals surface area contributed by atoms with E-state index in [0.717, 1.165) is 27.8 Å². The Balaban J connectivity index is 1.77. The molecule has 4 rings (SSSR count). The molecular formula is C26H25NO2. The fraction of sp³-hybridized carbons (Fsp3) is 0.192. The molecule has 0 fully saturated rings. The Bertz CT molecular complexity index is 1150. The number of hydrogen-bond acceptors (Lipinski definition) is 2. The maximum atomic E-state index is 13.2. The van der Waals surface area contributed by atoms with Gasteiger partial charge in [-0.15, -0.1) is 0 Å². The summed E-state index contributed by atoms with van der Waals surface area (Å²) < 4.78 is 7.01. The monoisotopic (exact) mass is 383 g/mol. The zero-order chi connectivity index (χ0) is 20.4. The van der Waals surface area contributed by atoms with E-state index in [1.54, 1.807) is 11.7 Å². The Hall–Kier alpha value is -3.33. The van der Waals surface area contributed by atoms with Crippen LogP contribution in [0.1, 0.15) is 35.7 Å². The van der Waals surface area contributed by atoms with Gasteiger partial charge in [0.1, 0.15) is 5.75 Å². The predicted molar refractivity (Wildman–Crippen MR) is 119 cm³/mol. The summed E-state index contributed by atoms with van der Waals surface area (Å²) in [6.07, 6.45) is 2.34. The molecule has 0 unspecified atom stereocenters. The average molecular weight is 383 g/mol. The summed E-state index contributed by atoms with van der Waals surface area (Å²) in [5.74, 6) is 1.25. The largest absolute Gasteiger partial charge is 0.497 e. The van der Waals surface area contributed by atoms with E-state index in [0.29, 0.717) is 12.3 Å². The van der Waals surface area contributed by atoms with Crippen LogP contribution in [0, 0.1) is 0 Å². The van der Waals surface area contributed by atoms with Gasteiger partial charge in [0.05, 0.1) is 19.0 Å². The molecule has 0 atom stereocenters. The highest BCUT2D eigenvalue weighted by Gasteiger charge is 2.17. The zero-order valence-corrected chi connectivity index (χ0v) is 17.1. The van der Waals surface area contributed by atoms with Gasteiger partial charge in [-0.3, -0.25) is 9.36 Å². The first-order valence-electron chi connectivity index (χ1n) is 9.94. The molecule has 1 heterocycles. The van der Waals surface area contributed by atoms with Crippen LogP contribution in [0.15, 0.2) is 79.0 Å². The standard InChI is InChI=1S/C26H25NO2/c1-18(2)21-8-4-5-9-22(21)24-17-27(25-11-7-6-10-23(24)25)26(28)16-19-12-14-20(29-3)15-13-19/h4-15,17-18H,16H2,1-3H3. The van der Waals surface area contributed by atoms with Gasteiger partial charge in [0.25, 0.3) is 0 Å². The fourth-order valence-electron chi connectivity index (χ4n) is 3.85. The first kappa shape index (κ1) is 19.0. The number of nitrogens with zero attached hydrogens (tertiary/aromatic N) is 1. The number of methoxy groups -OCH3 is 1. The van der Waals surface area contributed by atoms with Crippen molar-refractivity contribution in [1.29, 1.82) is 0 Å². The van der Waals surface area contributed by atoms with Crippen molar-refractivity contribution in [3.8, 4) is 16.9 Å². The van der Waals surface area contributed by atoms with E-state index >= 15 is 0 Å². The van der Waals surface area contributed by atoms with Crippen molar-refractivity contribution in [2.45, 2.75) is 26.2 Å². The Labute approximate surface area is 171 Å². The predicted octanol–water partition coefficient (Wildman–Crippen LogP) is 6.32. The first-order valence-corrected chi connectivity index (χ1v) is 9.94. The molecule has 0 spiro atoms. The number of carbonyl (C=O) groups excluding carboxylic acids is 1. The molecule has 0 saturated heterocycles. The van der Waals surface area contributed by atoms with Crippen LogP contribution in [0.25, 0.3) is 22.0 Å². The van der Waals surface area contributed by atoms with E-state index in [2.05, 4.69) is 44.2 Å². The number of hydrogen-bond donors (Lipinski definition) is 0. The van der Waals surface area contributed by atoms with E-state index in [1.165, 1.54) is 11.1 Å². The lowest BCUT2D eigenvalue weighted by Gasteiger charge is -2.11. The Morgan fingerprint density at radius 1 is 0.897 bits per heavy atom. The molecule has 0 N–H and O–H groups in total. The van der Waals surface area contributed by atoms with Crippen molar-refractivity contribution >= 4 is 16.8 Å². The molecular weight excluding hydrogens is 358 g/mol. The topological polar surface area (TPSA) is 31.2 Å². The van der Waals surface area contributed by atoms with Crippen LogP contribution in [0.4, 0.5) is 0 Å². The third-order valence-electron chi connectivity index (χ3n) is 5.37. The molecule has 3 aromatic carbocycles. The number of fused-ring (bicyclic) bond motifs is 1. The Morgan fingerprint density at radius 3 is 2.31 bits per heavy atom. The lowest BCUT2D eigenvalue weighted by Crippen LogP contribution is -2.12. The van der Waals surface area contributed by atoms with Crippen molar-refractivity contribution < 1.29 is 9.53 Å². The van der Waals surface area contributed by atoms with Crippen LogP contribution >= 0.6 is 0 Å². The van der Waals surface area contributed by atoms with Crippen molar-refractivity contribution in [3.63, 3.8) is 0 Å². The number of para-hydroxylation sites is 1. The van der Waals surface area contributed by atoms with Gasteiger partial charge in [0, 0.05) is 17.1 Å². The zero-order valence-electron chi connectivity index (χ0n) is 17.1. The van der Waals surface area contributed by atoms with Crippen LogP contribution in [-0.4, -0.2) is 17.6 Å². The molecule has 0 aliphatic carbocycles. The molecule has 0 saturated carbocycles. The molecule has 29 heavy (non-hydrogen) atoms. The Morgan fingerprint density at radius 2 is 1.59 bits per heavy atom. The van der Waals surface area contributed by atoms with Gasteiger partial charge in [0.15, 0.2) is 0 Å². The van der Waals surface area contributed by atoms with Gasteiger partial charge in [-0.2, -0.15) is 0 Å². The molecule has 3 nitrogen and oxygen atoms in total. The number of rotatable bonds is 5. The lowest BCUT2D eigenvalue weighted by atomic mass is 9.92. The molecule has 0 aliphatic heterocycles. The van der Waals surface area contributed by atoms with E-state index in [4.69, 9.17) is 4.74 Å². The molecule has 4 aromatic rings. The Kier molecular flexibility index (Phi) is 5.22. The molecule has 0 radical (unpaired) electrons. The third kappa shape index (κ3) is 3.68. The van der Waals surface area contributed by atoms with E-state index in [1.807, 2.05) is 48.7 Å². The molecule has 1 aromatic heterocycles. The van der Waals surface area contributed by atoms with E-state index in [9.17, 15) is 4.79 Å². The molecule has 0 bridgehead atoms. The highest BCUT2D eigenvalue weighted by atomic mass is 16.5. The minimum Gasteiger partial charge on any atom is -0.497 e. The van der Waals surface area contributed by atoms with Crippen LogP contribution < -0.4 is 4.74 Å². The van der Waals surface area contributed by atoms with Gasteiger partial charge in [0.2, 0.25) is 5.91 Å². The number of carbonyl (C=O) groups is 1. The summed E-state index contributed by atoms with van der Waals surface area (Å²) in [5, 5.41) is 1.10. The van der Waals surface area contributed by atoms with Crippen LogP contribution in [0.3, 0.4) is 0 Å². The van der Waals surface area contributed by atoms with Crippen LogP contribution in [0.2, 0.25) is 0 Å². The van der Waals surface area contributed by atoms with Gasteiger partial charge < -0.3 is 4.74 Å². The fourth-order valence-corrected chi connectivity index (χ4v) is 3.85. The molecule has 3 heteroatoms. The number of benzene rings is 3. The summed E-state index contributed by atoms with van der Waals surface area (Å²) in [7, 11) is 1.64. The maximum Gasteiger partial charge on any atom is 0.235 e. The smallest absolute Gasteiger partial charge is 0.235 e. The quantitative estimate of drug-likeness (QED) is 0.404. The molecule has 0 aliphatic rings. The normalized spacial score (nSPS) is 11.2. The second-order valence-electron chi connectivity index (χ2n) is 7.59. The first-order chi connectivity index (χ1) is 14.1. The second kappa shape index (κ2) is 7.96. The van der Waals surface area contributed by atoms with Gasteiger partial charge in [-0.1, -0.05) is 68.4 Å². The minimum absolute atomic E-state index is 0.0552. The summed E-state index contributed by atoms with van der Waals surface area (Å²) in [5.41, 5.74) is 5.50. The lowest BCUT2D eigenvalue weighted by molar-refractivity contribution is 0.0919. The molecule has 0 amide bonds. The van der Waals surface area contributed by atoms with Crippen molar-refractivity contribution in [3.05, 3.63) is 90.1 Å². The summed E-state index contributed by atoms with van der Waals surface area (Å²) in [6.45, 7) is 4.40. The van der Waals surface area contributed by atoms with Crippen LogP contribution in [0.5, 0.6) is 5.75 Å². The van der Waals surface area contributed by atoms with Crippen molar-refractivity contribution in [2.24, 2.45) is 0 Å².